The number of esters is 1. The number of imide groups is 1. The van der Waals surface area contributed by atoms with Crippen LogP contribution in [0.15, 0.2) is 59.4 Å². The lowest BCUT2D eigenvalue weighted by atomic mass is 10.2. The van der Waals surface area contributed by atoms with E-state index in [1.165, 1.54) is 26.7 Å². The van der Waals surface area contributed by atoms with Crippen molar-refractivity contribution in [3.63, 3.8) is 0 Å². The number of nitrogens with zero attached hydrogens (tertiary/aromatic N) is 4. The second-order valence-electron chi connectivity index (χ2n) is 8.02. The highest BCUT2D eigenvalue weighted by Gasteiger charge is 2.44. The van der Waals surface area contributed by atoms with Crippen LogP contribution >= 0.6 is 11.3 Å². The van der Waals surface area contributed by atoms with E-state index in [-0.39, 0.29) is 12.2 Å². The predicted octanol–water partition coefficient (Wildman–Crippen LogP) is 3.12. The van der Waals surface area contributed by atoms with Crippen LogP contribution < -0.4 is 10.5 Å². The summed E-state index contributed by atoms with van der Waals surface area (Å²) in [6, 6.07) is 14.7. The van der Waals surface area contributed by atoms with Gasteiger partial charge < -0.3 is 4.74 Å². The van der Waals surface area contributed by atoms with Crippen molar-refractivity contribution in [3.05, 3.63) is 76.2 Å². The Bertz CT molecular complexity index is 1510. The second kappa shape index (κ2) is 8.38. The third kappa shape index (κ3) is 3.71. The fourth-order valence-corrected chi connectivity index (χ4v) is 4.99. The van der Waals surface area contributed by atoms with Crippen LogP contribution in [0.25, 0.3) is 15.2 Å². The number of para-hydroxylation sites is 1. The first-order valence-electron chi connectivity index (χ1n) is 10.6. The van der Waals surface area contributed by atoms with E-state index in [0.717, 1.165) is 20.7 Å². The van der Waals surface area contributed by atoms with E-state index >= 15 is 0 Å². The summed E-state index contributed by atoms with van der Waals surface area (Å²) in [7, 11) is 0. The van der Waals surface area contributed by atoms with Gasteiger partial charge in [0.05, 0.1) is 15.9 Å². The van der Waals surface area contributed by atoms with Gasteiger partial charge in [-0.1, -0.05) is 41.2 Å². The molecule has 34 heavy (non-hydrogen) atoms. The van der Waals surface area contributed by atoms with Crippen LogP contribution in [0.2, 0.25) is 0 Å². The summed E-state index contributed by atoms with van der Waals surface area (Å²) in [4.78, 5) is 57.7. The Hall–Kier alpha value is -4.05. The minimum absolute atomic E-state index is 0.244. The van der Waals surface area contributed by atoms with Crippen LogP contribution in [0.1, 0.15) is 18.2 Å². The van der Waals surface area contributed by atoms with Gasteiger partial charge in [0.15, 0.2) is 4.96 Å². The number of anilines is 1. The normalized spacial score (nSPS) is 16.1. The van der Waals surface area contributed by atoms with Gasteiger partial charge >= 0.3 is 12.0 Å². The Kier molecular flexibility index (Phi) is 5.37. The molecule has 1 atom stereocenters. The molecule has 3 heterocycles. The first-order chi connectivity index (χ1) is 16.3. The van der Waals surface area contributed by atoms with Crippen LogP contribution in [-0.2, 0) is 20.9 Å². The molecule has 2 aromatic heterocycles. The van der Waals surface area contributed by atoms with E-state index in [1.54, 1.807) is 19.1 Å². The average molecular weight is 477 g/mol. The molecule has 1 saturated heterocycles. The van der Waals surface area contributed by atoms with Crippen molar-refractivity contribution in [1.29, 1.82) is 0 Å². The van der Waals surface area contributed by atoms with E-state index in [2.05, 4.69) is 4.98 Å². The maximum absolute atomic E-state index is 12.9. The largest absolute Gasteiger partial charge is 0.458 e. The maximum Gasteiger partial charge on any atom is 0.332 e. The SMILES string of the molecule is Cc1ccc(N2C(=O)N(CC(=O)OCc3cc(=O)n4c(n3)sc3ccccc34)C(=O)[C@@H]2C)cc1. The van der Waals surface area contributed by atoms with Gasteiger partial charge in [-0.25, -0.2) is 9.78 Å². The van der Waals surface area contributed by atoms with Gasteiger partial charge in [-0.15, -0.1) is 0 Å². The summed E-state index contributed by atoms with van der Waals surface area (Å²) in [5.74, 6) is -1.25. The van der Waals surface area contributed by atoms with Gasteiger partial charge in [0.2, 0.25) is 0 Å². The molecule has 0 spiro atoms. The van der Waals surface area contributed by atoms with E-state index in [9.17, 15) is 19.2 Å². The molecule has 1 aliphatic heterocycles. The number of aromatic nitrogens is 2. The van der Waals surface area contributed by atoms with Crippen molar-refractivity contribution in [3.8, 4) is 0 Å². The van der Waals surface area contributed by atoms with Gasteiger partial charge in [-0.05, 0) is 38.1 Å². The fourth-order valence-electron chi connectivity index (χ4n) is 3.94. The molecular weight excluding hydrogens is 456 g/mol. The predicted molar refractivity (Wildman–Crippen MR) is 127 cm³/mol. The van der Waals surface area contributed by atoms with Crippen molar-refractivity contribution in [2.24, 2.45) is 0 Å². The molecule has 0 aliphatic carbocycles. The molecule has 10 heteroatoms. The van der Waals surface area contributed by atoms with E-state index < -0.39 is 30.5 Å². The zero-order chi connectivity index (χ0) is 24.0. The number of hydrogen-bond donors (Lipinski definition) is 0. The monoisotopic (exact) mass is 476 g/mol. The standard InChI is InChI=1S/C24H20N4O5S/c1-14-7-9-17(10-8-14)27-15(2)22(31)26(24(27)32)12-21(30)33-13-16-11-20(29)28-18-5-3-4-6-19(18)34-23(28)25-16/h3-11,15H,12-13H2,1-2H3/t15-/m0/s1. The molecule has 1 fully saturated rings. The Balaban J connectivity index is 1.29. The Morgan fingerprint density at radius 3 is 2.59 bits per heavy atom. The van der Waals surface area contributed by atoms with Crippen LogP contribution in [0, 0.1) is 6.92 Å². The second-order valence-corrected chi connectivity index (χ2v) is 9.03. The minimum Gasteiger partial charge on any atom is -0.458 e. The maximum atomic E-state index is 12.9. The third-order valence-electron chi connectivity index (χ3n) is 5.68. The smallest absolute Gasteiger partial charge is 0.332 e. The number of benzene rings is 2. The molecule has 0 radical (unpaired) electrons. The van der Waals surface area contributed by atoms with Crippen molar-refractivity contribution >= 4 is 50.1 Å². The van der Waals surface area contributed by atoms with E-state index in [4.69, 9.17) is 4.74 Å². The van der Waals surface area contributed by atoms with E-state index in [1.807, 2.05) is 43.3 Å². The van der Waals surface area contributed by atoms with Crippen molar-refractivity contribution in [2.45, 2.75) is 26.5 Å². The number of urea groups is 1. The Morgan fingerprint density at radius 1 is 1.09 bits per heavy atom. The highest BCUT2D eigenvalue weighted by molar-refractivity contribution is 7.23. The molecule has 1 aliphatic rings. The molecule has 4 aromatic rings. The molecular formula is C24H20N4O5S. The number of amides is 3. The number of rotatable bonds is 5. The molecule has 0 N–H and O–H groups in total. The van der Waals surface area contributed by atoms with Crippen LogP contribution in [0.4, 0.5) is 10.5 Å². The number of fused-ring (bicyclic) bond motifs is 3. The topological polar surface area (TPSA) is 101 Å². The molecule has 0 bridgehead atoms. The van der Waals surface area contributed by atoms with Gasteiger partial charge in [0, 0.05) is 11.8 Å². The van der Waals surface area contributed by atoms with Crippen molar-refractivity contribution < 1.29 is 19.1 Å². The van der Waals surface area contributed by atoms with Gasteiger partial charge in [-0.3, -0.25) is 28.6 Å². The highest BCUT2D eigenvalue weighted by atomic mass is 32.1. The van der Waals surface area contributed by atoms with Crippen molar-refractivity contribution in [1.82, 2.24) is 14.3 Å². The Morgan fingerprint density at radius 2 is 1.82 bits per heavy atom. The Labute approximate surface area is 197 Å². The summed E-state index contributed by atoms with van der Waals surface area (Å²) in [6.07, 6.45) is 0. The molecule has 0 unspecified atom stereocenters. The summed E-state index contributed by atoms with van der Waals surface area (Å²) >= 11 is 1.36. The number of hydrogen-bond acceptors (Lipinski definition) is 7. The van der Waals surface area contributed by atoms with Crippen LogP contribution in [0.3, 0.4) is 0 Å². The summed E-state index contributed by atoms with van der Waals surface area (Å²) in [6.45, 7) is 2.78. The first-order valence-corrected chi connectivity index (χ1v) is 11.4. The third-order valence-corrected chi connectivity index (χ3v) is 6.70. The van der Waals surface area contributed by atoms with Crippen molar-refractivity contribution in [2.75, 3.05) is 11.4 Å². The number of ether oxygens (including phenoxy) is 1. The van der Waals surface area contributed by atoms with Gasteiger partial charge in [-0.2, -0.15) is 0 Å². The quantitative estimate of drug-likeness (QED) is 0.324. The minimum atomic E-state index is -0.766. The van der Waals surface area contributed by atoms with Crippen LogP contribution in [0.5, 0.6) is 0 Å². The molecule has 2 aromatic carbocycles. The van der Waals surface area contributed by atoms with E-state index in [0.29, 0.717) is 16.3 Å². The van der Waals surface area contributed by atoms with Gasteiger partial charge in [0.25, 0.3) is 11.5 Å². The average Bonchev–Trinajstić information content (AvgIpc) is 3.29. The summed E-state index contributed by atoms with van der Waals surface area (Å²) in [5.41, 5.74) is 2.38. The summed E-state index contributed by atoms with van der Waals surface area (Å²) < 4.78 is 7.67. The molecule has 5 rings (SSSR count). The molecule has 172 valence electrons. The molecule has 9 nitrogen and oxygen atoms in total. The number of thiazole rings is 1. The summed E-state index contributed by atoms with van der Waals surface area (Å²) in [5, 5.41) is 0. The number of aryl methyl sites for hydroxylation is 1. The first kappa shape index (κ1) is 21.8. The fraction of sp³-hybridized carbons (Fsp3) is 0.208. The highest BCUT2D eigenvalue weighted by Crippen LogP contribution is 2.26. The number of carbonyl (C=O) groups is 3. The van der Waals surface area contributed by atoms with Crippen LogP contribution in [-0.4, -0.2) is 44.8 Å². The number of carbonyl (C=O) groups excluding carboxylic acids is 3. The zero-order valence-corrected chi connectivity index (χ0v) is 19.2. The molecule has 3 amide bonds. The molecule has 0 saturated carbocycles. The van der Waals surface area contributed by atoms with Gasteiger partial charge in [0.1, 0.15) is 19.2 Å². The zero-order valence-electron chi connectivity index (χ0n) is 18.4. The lowest BCUT2D eigenvalue weighted by Crippen LogP contribution is -2.37. The lowest BCUT2D eigenvalue weighted by Gasteiger charge is -2.19. The lowest BCUT2D eigenvalue weighted by molar-refractivity contribution is -0.148.